The molecule has 3 aliphatic heterocycles. The zero-order chi connectivity index (χ0) is 21.4. The number of rotatable bonds is 4. The average molecular weight is 440 g/mol. The highest BCUT2D eigenvalue weighted by atomic mass is 32.1. The first-order valence-corrected chi connectivity index (χ1v) is 11.6. The number of hydrogen-bond donors (Lipinski definition) is 2. The Bertz CT molecular complexity index is 1030. The third-order valence-corrected chi connectivity index (χ3v) is 7.67. The van der Waals surface area contributed by atoms with Gasteiger partial charge in [-0.25, -0.2) is 0 Å². The fourth-order valence-electron chi connectivity index (χ4n) is 4.92. The molecule has 0 atom stereocenters. The molecule has 8 heteroatoms. The van der Waals surface area contributed by atoms with Gasteiger partial charge in [0, 0.05) is 42.3 Å². The number of nitrogens with zero attached hydrogens (tertiary/aromatic N) is 1. The van der Waals surface area contributed by atoms with Gasteiger partial charge in [0.05, 0.1) is 12.1 Å². The van der Waals surface area contributed by atoms with Crippen LogP contribution in [0.4, 0.5) is 11.4 Å². The molecular formula is C23H25N3O4S. The van der Waals surface area contributed by atoms with Crippen molar-refractivity contribution in [2.45, 2.75) is 37.5 Å². The number of anilines is 2. The van der Waals surface area contributed by atoms with Gasteiger partial charge in [0.2, 0.25) is 5.91 Å². The topological polar surface area (TPSA) is 87.7 Å². The Kier molecular flexibility index (Phi) is 5.27. The third-order valence-electron chi connectivity index (χ3n) is 6.55. The minimum atomic E-state index is -0.683. The molecule has 1 aromatic carbocycles. The van der Waals surface area contributed by atoms with Crippen LogP contribution in [-0.4, -0.2) is 44.0 Å². The van der Waals surface area contributed by atoms with Crippen molar-refractivity contribution in [3.8, 4) is 0 Å². The summed E-state index contributed by atoms with van der Waals surface area (Å²) in [7, 11) is 0. The first-order valence-electron chi connectivity index (χ1n) is 10.7. The van der Waals surface area contributed by atoms with E-state index >= 15 is 0 Å². The summed E-state index contributed by atoms with van der Waals surface area (Å²) in [6.45, 7) is 2.45. The van der Waals surface area contributed by atoms with Crippen molar-refractivity contribution in [2.75, 3.05) is 36.5 Å². The zero-order valence-electron chi connectivity index (χ0n) is 17.2. The molecule has 0 bridgehead atoms. The predicted molar refractivity (Wildman–Crippen MR) is 119 cm³/mol. The molecule has 2 N–H and O–H groups in total. The lowest BCUT2D eigenvalue weighted by molar-refractivity contribution is -0.136. The number of ether oxygens (including phenoxy) is 1. The quantitative estimate of drug-likeness (QED) is 0.716. The Balaban J connectivity index is 1.27. The van der Waals surface area contributed by atoms with Crippen LogP contribution in [-0.2, 0) is 37.4 Å². The molecule has 0 spiro atoms. The van der Waals surface area contributed by atoms with Crippen molar-refractivity contribution in [1.82, 2.24) is 5.32 Å². The number of nitrogens with one attached hydrogen (secondary N) is 2. The van der Waals surface area contributed by atoms with E-state index in [0.29, 0.717) is 31.9 Å². The highest BCUT2D eigenvalue weighted by Crippen LogP contribution is 2.39. The van der Waals surface area contributed by atoms with Gasteiger partial charge in [-0.2, -0.15) is 0 Å². The Morgan fingerprint density at radius 1 is 1.16 bits per heavy atom. The van der Waals surface area contributed by atoms with Gasteiger partial charge < -0.3 is 20.3 Å². The minimum Gasteiger partial charge on any atom is -0.381 e. The second kappa shape index (κ2) is 8.09. The summed E-state index contributed by atoms with van der Waals surface area (Å²) in [4.78, 5) is 40.5. The molecule has 1 fully saturated rings. The van der Waals surface area contributed by atoms with Gasteiger partial charge in [0.25, 0.3) is 0 Å². The maximum atomic E-state index is 12.6. The maximum absolute atomic E-state index is 12.6. The molecule has 5 rings (SSSR count). The van der Waals surface area contributed by atoms with Crippen molar-refractivity contribution in [2.24, 2.45) is 0 Å². The van der Waals surface area contributed by atoms with E-state index in [0.717, 1.165) is 49.0 Å². The number of benzene rings is 1. The van der Waals surface area contributed by atoms with E-state index in [-0.39, 0.29) is 11.3 Å². The molecule has 162 valence electrons. The molecule has 3 amide bonds. The molecule has 0 radical (unpaired) electrons. The Morgan fingerprint density at radius 3 is 2.74 bits per heavy atom. The van der Waals surface area contributed by atoms with Crippen molar-refractivity contribution in [1.29, 1.82) is 0 Å². The van der Waals surface area contributed by atoms with E-state index in [2.05, 4.69) is 16.7 Å². The second-order valence-electron chi connectivity index (χ2n) is 8.48. The van der Waals surface area contributed by atoms with E-state index < -0.39 is 11.8 Å². The van der Waals surface area contributed by atoms with Gasteiger partial charge in [-0.1, -0.05) is 6.07 Å². The summed E-state index contributed by atoms with van der Waals surface area (Å²) >= 11 is 1.67. The number of aryl methyl sites for hydroxylation is 1. The summed E-state index contributed by atoms with van der Waals surface area (Å²) in [5, 5.41) is 7.61. The SMILES string of the molecule is O=C(NCC1(c2cccs2)CCOCC1)C(=O)Nc1cc2c3c(c1)CC(=O)N3CCC2. The monoisotopic (exact) mass is 439 g/mol. The molecular weight excluding hydrogens is 414 g/mol. The Labute approximate surface area is 184 Å². The van der Waals surface area contributed by atoms with Crippen LogP contribution in [0.25, 0.3) is 0 Å². The molecule has 7 nitrogen and oxygen atoms in total. The average Bonchev–Trinajstić information content (AvgIpc) is 3.43. The summed E-state index contributed by atoms with van der Waals surface area (Å²) in [6, 6.07) is 7.81. The Morgan fingerprint density at radius 2 is 1.97 bits per heavy atom. The van der Waals surface area contributed by atoms with E-state index in [9.17, 15) is 14.4 Å². The fraction of sp³-hybridized carbons (Fsp3) is 0.435. The van der Waals surface area contributed by atoms with Gasteiger partial charge >= 0.3 is 11.8 Å². The summed E-state index contributed by atoms with van der Waals surface area (Å²) in [5.74, 6) is -1.22. The van der Waals surface area contributed by atoms with Gasteiger partial charge in [0.1, 0.15) is 0 Å². The van der Waals surface area contributed by atoms with Crippen LogP contribution in [0.15, 0.2) is 29.6 Å². The maximum Gasteiger partial charge on any atom is 0.313 e. The molecule has 0 unspecified atom stereocenters. The molecule has 2 aromatic rings. The van der Waals surface area contributed by atoms with Crippen LogP contribution in [0, 0.1) is 0 Å². The van der Waals surface area contributed by atoms with E-state index in [1.165, 1.54) is 4.88 Å². The van der Waals surface area contributed by atoms with Gasteiger partial charge in [-0.15, -0.1) is 11.3 Å². The van der Waals surface area contributed by atoms with Gasteiger partial charge in [-0.3, -0.25) is 14.4 Å². The lowest BCUT2D eigenvalue weighted by Gasteiger charge is -2.36. The number of carbonyl (C=O) groups excluding carboxylic acids is 3. The molecule has 3 aliphatic rings. The first-order chi connectivity index (χ1) is 15.1. The first kappa shape index (κ1) is 20.2. The summed E-state index contributed by atoms with van der Waals surface area (Å²) in [5.41, 5.74) is 3.37. The highest BCUT2D eigenvalue weighted by molar-refractivity contribution is 7.10. The summed E-state index contributed by atoms with van der Waals surface area (Å²) in [6.07, 6.45) is 3.75. The lowest BCUT2D eigenvalue weighted by Crippen LogP contribution is -2.46. The van der Waals surface area contributed by atoms with E-state index in [1.807, 2.05) is 28.5 Å². The molecule has 31 heavy (non-hydrogen) atoms. The van der Waals surface area contributed by atoms with Crippen LogP contribution in [0.2, 0.25) is 0 Å². The molecule has 0 saturated carbocycles. The van der Waals surface area contributed by atoms with Gasteiger partial charge in [0.15, 0.2) is 0 Å². The Hall–Kier alpha value is -2.71. The normalized spacial score (nSPS) is 19.1. The van der Waals surface area contributed by atoms with E-state index in [4.69, 9.17) is 4.74 Å². The van der Waals surface area contributed by atoms with E-state index in [1.54, 1.807) is 11.3 Å². The largest absolute Gasteiger partial charge is 0.381 e. The van der Waals surface area contributed by atoms with Crippen LogP contribution in [0.1, 0.15) is 35.3 Å². The number of hydrogen-bond acceptors (Lipinski definition) is 5. The fourth-order valence-corrected chi connectivity index (χ4v) is 5.91. The van der Waals surface area contributed by atoms with Crippen molar-refractivity contribution in [3.05, 3.63) is 45.6 Å². The zero-order valence-corrected chi connectivity index (χ0v) is 18.1. The summed E-state index contributed by atoms with van der Waals surface area (Å²) < 4.78 is 5.52. The highest BCUT2D eigenvalue weighted by Gasteiger charge is 2.36. The smallest absolute Gasteiger partial charge is 0.313 e. The van der Waals surface area contributed by atoms with Crippen molar-refractivity contribution in [3.63, 3.8) is 0 Å². The second-order valence-corrected chi connectivity index (χ2v) is 9.42. The van der Waals surface area contributed by atoms with Crippen LogP contribution in [0.5, 0.6) is 0 Å². The predicted octanol–water partition coefficient (Wildman–Crippen LogP) is 2.39. The van der Waals surface area contributed by atoms with Crippen molar-refractivity contribution < 1.29 is 19.1 Å². The molecule has 1 aromatic heterocycles. The number of amides is 3. The number of thiophene rings is 1. The van der Waals surface area contributed by atoms with Crippen LogP contribution in [0.3, 0.4) is 0 Å². The number of carbonyl (C=O) groups is 3. The minimum absolute atomic E-state index is 0.104. The third kappa shape index (κ3) is 3.74. The lowest BCUT2D eigenvalue weighted by atomic mass is 9.78. The van der Waals surface area contributed by atoms with Crippen LogP contribution < -0.4 is 15.5 Å². The van der Waals surface area contributed by atoms with Crippen LogP contribution >= 0.6 is 11.3 Å². The van der Waals surface area contributed by atoms with Gasteiger partial charge in [-0.05, 0) is 60.4 Å². The molecule has 4 heterocycles. The standard InChI is InChI=1S/C23H25N3O4S/c27-19-13-16-12-17(11-15-3-1-7-26(19)20(15)16)25-22(29)21(28)24-14-23(5-8-30-9-6-23)18-4-2-10-31-18/h2,4,10-12H,1,3,5-9,13-14H2,(H,24,28)(H,25,29). The molecule has 0 aliphatic carbocycles. The van der Waals surface area contributed by atoms with Crippen molar-refractivity contribution >= 4 is 40.4 Å². The molecule has 1 saturated heterocycles.